The minimum Gasteiger partial charge on any atom is -0.497 e. The molecule has 6 nitrogen and oxygen atoms in total. The van der Waals surface area contributed by atoms with Crippen LogP contribution in [0.15, 0.2) is 23.1 Å². The summed E-state index contributed by atoms with van der Waals surface area (Å²) in [4.78, 5) is 10.6. The van der Waals surface area contributed by atoms with Crippen LogP contribution in [0.4, 0.5) is 13.2 Å². The van der Waals surface area contributed by atoms with Gasteiger partial charge in [-0.05, 0) is 24.5 Å². The number of carboxylic acids is 1. The van der Waals surface area contributed by atoms with Crippen molar-refractivity contribution < 1.29 is 36.2 Å². The molecule has 0 saturated carbocycles. The van der Waals surface area contributed by atoms with Crippen molar-refractivity contribution in [2.24, 2.45) is 11.8 Å². The third-order valence-corrected chi connectivity index (χ3v) is 5.87. The van der Waals surface area contributed by atoms with E-state index in [2.05, 4.69) is 0 Å². The van der Waals surface area contributed by atoms with E-state index in [0.29, 0.717) is 18.6 Å². The molecule has 1 aromatic rings. The quantitative estimate of drug-likeness (QED) is 0.866. The van der Waals surface area contributed by atoms with Gasteiger partial charge in [0.1, 0.15) is 5.75 Å². The first kappa shape index (κ1) is 19.5. The Bertz CT molecular complexity index is 763. The van der Waals surface area contributed by atoms with Gasteiger partial charge < -0.3 is 9.84 Å². The highest BCUT2D eigenvalue weighted by atomic mass is 32.2. The summed E-state index contributed by atoms with van der Waals surface area (Å²) in [6.07, 6.45) is -4.43. The third-order valence-electron chi connectivity index (χ3n) is 4.06. The average molecular weight is 381 g/mol. The minimum absolute atomic E-state index is 0.0463. The maximum atomic E-state index is 13.0. The molecule has 0 radical (unpaired) electrons. The van der Waals surface area contributed by atoms with E-state index in [1.807, 2.05) is 0 Å². The molecule has 1 aliphatic heterocycles. The predicted molar refractivity (Wildman–Crippen MR) is 81.7 cm³/mol. The number of alkyl halides is 3. The fourth-order valence-corrected chi connectivity index (χ4v) is 4.50. The Morgan fingerprint density at radius 2 is 1.92 bits per heavy atom. The molecule has 0 bridgehead atoms. The van der Waals surface area contributed by atoms with Gasteiger partial charge in [-0.2, -0.15) is 17.5 Å². The lowest BCUT2D eigenvalue weighted by Crippen LogP contribution is -2.45. The van der Waals surface area contributed by atoms with Crippen LogP contribution in [0, 0.1) is 11.8 Å². The van der Waals surface area contributed by atoms with Gasteiger partial charge in [-0.25, -0.2) is 8.42 Å². The van der Waals surface area contributed by atoms with Crippen LogP contribution in [0.25, 0.3) is 0 Å². The van der Waals surface area contributed by atoms with Gasteiger partial charge in [0, 0.05) is 19.2 Å². The van der Waals surface area contributed by atoms with E-state index >= 15 is 0 Å². The molecule has 2 unspecified atom stereocenters. The fraction of sp³-hybridized carbons (Fsp3) is 0.533. The molecule has 1 aliphatic rings. The molecule has 2 rings (SSSR count). The number of hydrogen-bond acceptors (Lipinski definition) is 4. The smallest absolute Gasteiger partial charge is 0.416 e. The Morgan fingerprint density at radius 1 is 1.28 bits per heavy atom. The van der Waals surface area contributed by atoms with Gasteiger partial charge in [0.05, 0.1) is 23.5 Å². The number of halogens is 3. The monoisotopic (exact) mass is 381 g/mol. The molecule has 140 valence electrons. The van der Waals surface area contributed by atoms with Crippen LogP contribution in [-0.2, 0) is 21.0 Å². The Morgan fingerprint density at radius 3 is 2.44 bits per heavy atom. The van der Waals surface area contributed by atoms with Gasteiger partial charge >= 0.3 is 12.1 Å². The van der Waals surface area contributed by atoms with E-state index < -0.39 is 38.5 Å². The zero-order chi connectivity index (χ0) is 19.0. The van der Waals surface area contributed by atoms with Crippen molar-refractivity contribution in [3.8, 4) is 5.75 Å². The highest BCUT2D eigenvalue weighted by Crippen LogP contribution is 2.35. The molecule has 1 fully saturated rings. The SMILES string of the molecule is COc1cc(C(F)(F)F)cc(S(=O)(=O)N2CC(C)CC(C(=O)O)C2)c1. The van der Waals surface area contributed by atoms with Gasteiger partial charge in [0.2, 0.25) is 10.0 Å². The summed E-state index contributed by atoms with van der Waals surface area (Å²) < 4.78 is 70.2. The van der Waals surface area contributed by atoms with Gasteiger partial charge in [0.25, 0.3) is 0 Å². The van der Waals surface area contributed by atoms with Crippen molar-refractivity contribution in [3.05, 3.63) is 23.8 Å². The number of aliphatic carboxylic acids is 1. The van der Waals surface area contributed by atoms with E-state index in [1.165, 1.54) is 0 Å². The van der Waals surface area contributed by atoms with E-state index in [9.17, 15) is 26.4 Å². The van der Waals surface area contributed by atoms with Crippen molar-refractivity contribution in [1.82, 2.24) is 4.31 Å². The second-order valence-electron chi connectivity index (χ2n) is 6.09. The number of sulfonamides is 1. The van der Waals surface area contributed by atoms with Crippen molar-refractivity contribution in [1.29, 1.82) is 0 Å². The van der Waals surface area contributed by atoms with Crippen molar-refractivity contribution in [2.75, 3.05) is 20.2 Å². The summed E-state index contributed by atoms with van der Waals surface area (Å²) in [6.45, 7) is 1.47. The van der Waals surface area contributed by atoms with Crippen molar-refractivity contribution >= 4 is 16.0 Å². The summed E-state index contributed by atoms with van der Waals surface area (Å²) in [6, 6.07) is 2.24. The largest absolute Gasteiger partial charge is 0.497 e. The minimum atomic E-state index is -4.74. The normalized spacial score (nSPS) is 22.6. The van der Waals surface area contributed by atoms with Crippen LogP contribution in [0.2, 0.25) is 0 Å². The lowest BCUT2D eigenvalue weighted by Gasteiger charge is -2.33. The summed E-state index contributed by atoms with van der Waals surface area (Å²) >= 11 is 0. The molecule has 0 spiro atoms. The zero-order valence-corrected chi connectivity index (χ0v) is 14.4. The number of benzene rings is 1. The molecule has 0 amide bonds. The van der Waals surface area contributed by atoms with Crippen LogP contribution < -0.4 is 4.74 Å². The van der Waals surface area contributed by atoms with Gasteiger partial charge in [-0.1, -0.05) is 6.92 Å². The van der Waals surface area contributed by atoms with Crippen molar-refractivity contribution in [2.45, 2.75) is 24.4 Å². The van der Waals surface area contributed by atoms with E-state index in [4.69, 9.17) is 9.84 Å². The summed E-state index contributed by atoms with van der Waals surface area (Å²) in [5, 5.41) is 9.15. The van der Waals surface area contributed by atoms with Gasteiger partial charge in [0.15, 0.2) is 0 Å². The number of carbonyl (C=O) groups is 1. The standard InChI is InChI=1S/C15H18F3NO5S/c1-9-3-10(14(20)21)8-19(7-9)25(22,23)13-5-11(15(16,17)18)4-12(6-13)24-2/h4-6,9-10H,3,7-8H2,1-2H3,(H,20,21). The fourth-order valence-electron chi connectivity index (χ4n) is 2.83. The lowest BCUT2D eigenvalue weighted by molar-refractivity contribution is -0.143. The first-order valence-corrected chi connectivity index (χ1v) is 8.88. The topological polar surface area (TPSA) is 83.9 Å². The van der Waals surface area contributed by atoms with Crippen LogP contribution in [0.5, 0.6) is 5.75 Å². The van der Waals surface area contributed by atoms with Crippen LogP contribution >= 0.6 is 0 Å². The summed E-state index contributed by atoms with van der Waals surface area (Å²) in [5.41, 5.74) is -1.15. The lowest BCUT2D eigenvalue weighted by atomic mass is 9.92. The second-order valence-corrected chi connectivity index (χ2v) is 8.03. The Kier molecular flexibility index (Phi) is 5.33. The number of piperidine rings is 1. The van der Waals surface area contributed by atoms with E-state index in [0.717, 1.165) is 17.5 Å². The number of nitrogens with zero attached hydrogens (tertiary/aromatic N) is 1. The average Bonchev–Trinajstić information content (AvgIpc) is 2.52. The number of carboxylic acid groups (broad SMARTS) is 1. The number of methoxy groups -OCH3 is 1. The van der Waals surface area contributed by atoms with Crippen molar-refractivity contribution in [3.63, 3.8) is 0 Å². The molecule has 0 aromatic heterocycles. The van der Waals surface area contributed by atoms with Crippen LogP contribution in [0.3, 0.4) is 0 Å². The van der Waals surface area contributed by atoms with Gasteiger partial charge in [-0.15, -0.1) is 0 Å². The number of ether oxygens (including phenoxy) is 1. The molecule has 2 atom stereocenters. The maximum Gasteiger partial charge on any atom is 0.416 e. The first-order valence-electron chi connectivity index (χ1n) is 7.44. The first-order chi connectivity index (χ1) is 11.4. The number of rotatable bonds is 4. The second kappa shape index (κ2) is 6.83. The molecule has 10 heteroatoms. The van der Waals surface area contributed by atoms with Crippen LogP contribution in [0.1, 0.15) is 18.9 Å². The molecule has 0 aliphatic carbocycles. The Hall–Kier alpha value is -1.81. The molecule has 1 saturated heterocycles. The molecule has 1 N–H and O–H groups in total. The Labute approximate surface area is 143 Å². The van der Waals surface area contributed by atoms with Gasteiger partial charge in [-0.3, -0.25) is 4.79 Å². The summed E-state index contributed by atoms with van der Waals surface area (Å²) in [5.74, 6) is -2.50. The highest BCUT2D eigenvalue weighted by Gasteiger charge is 2.38. The number of hydrogen-bond donors (Lipinski definition) is 1. The third kappa shape index (κ3) is 4.24. The molecular formula is C15H18F3NO5S. The molecular weight excluding hydrogens is 363 g/mol. The predicted octanol–water partition coefficient (Wildman–Crippen LogP) is 2.45. The summed E-state index contributed by atoms with van der Waals surface area (Å²) in [7, 11) is -3.15. The molecule has 25 heavy (non-hydrogen) atoms. The Balaban J connectivity index is 2.46. The molecule has 1 heterocycles. The highest BCUT2D eigenvalue weighted by molar-refractivity contribution is 7.89. The molecule has 1 aromatic carbocycles. The van der Waals surface area contributed by atoms with E-state index in [1.54, 1.807) is 6.92 Å². The van der Waals surface area contributed by atoms with E-state index in [-0.39, 0.29) is 24.8 Å². The maximum absolute atomic E-state index is 13.0. The van der Waals surface area contributed by atoms with Crippen LogP contribution in [-0.4, -0.2) is 44.0 Å². The zero-order valence-electron chi connectivity index (χ0n) is 13.6.